The van der Waals surface area contributed by atoms with Gasteiger partial charge in [-0.25, -0.2) is 9.59 Å². The van der Waals surface area contributed by atoms with Gasteiger partial charge in [-0.05, 0) is 18.6 Å². The van der Waals surface area contributed by atoms with Crippen LogP contribution in [0.15, 0.2) is 24.3 Å². The number of carbonyl (C=O) groups is 2. The van der Waals surface area contributed by atoms with E-state index in [-0.39, 0.29) is 17.2 Å². The van der Waals surface area contributed by atoms with Crippen molar-refractivity contribution in [2.24, 2.45) is 0 Å². The molecule has 0 aliphatic carbocycles. The molecule has 0 saturated carbocycles. The number of hydrogen-bond donors (Lipinski definition) is 2. The Morgan fingerprint density at radius 2 is 2.19 bits per heavy atom. The number of rotatable bonds is 3. The molecule has 1 aliphatic rings. The first-order chi connectivity index (χ1) is 9.95. The highest BCUT2D eigenvalue weighted by atomic mass is 32.2. The molecule has 2 atom stereocenters. The Kier molecular flexibility index (Phi) is 4.62. The number of urea groups is 1. The molecule has 2 N–H and O–H groups in total. The molecule has 1 fully saturated rings. The fourth-order valence-electron chi connectivity index (χ4n) is 2.31. The quantitative estimate of drug-likeness (QED) is 0.894. The molecular weight excluding hydrogens is 292 g/mol. The van der Waals surface area contributed by atoms with E-state index in [0.717, 1.165) is 0 Å². The van der Waals surface area contributed by atoms with Gasteiger partial charge in [-0.15, -0.1) is 11.8 Å². The van der Waals surface area contributed by atoms with Gasteiger partial charge in [-0.3, -0.25) is 9.80 Å². The average Bonchev–Trinajstić information content (AvgIpc) is 2.89. The lowest BCUT2D eigenvalue weighted by Gasteiger charge is -2.31. The van der Waals surface area contributed by atoms with Crippen molar-refractivity contribution in [2.45, 2.75) is 24.8 Å². The van der Waals surface area contributed by atoms with Crippen LogP contribution in [0.1, 0.15) is 13.3 Å². The molecule has 1 aromatic rings. The smallest absolute Gasteiger partial charge is 0.327 e. The number of nitrogens with zero attached hydrogens (tertiary/aromatic N) is 2. The highest BCUT2D eigenvalue weighted by Gasteiger charge is 2.42. The number of thioether (sulfide) groups is 1. The second-order valence-corrected chi connectivity index (χ2v) is 6.03. The van der Waals surface area contributed by atoms with Gasteiger partial charge in [-0.2, -0.15) is 0 Å². The number of carboxylic acids is 1. The summed E-state index contributed by atoms with van der Waals surface area (Å²) in [5.41, 5.74) is 0.524. The van der Waals surface area contributed by atoms with E-state index in [4.69, 9.17) is 0 Å². The zero-order valence-corrected chi connectivity index (χ0v) is 12.7. The van der Waals surface area contributed by atoms with Gasteiger partial charge in [0.15, 0.2) is 0 Å². The number of aliphatic carboxylic acids is 1. The maximum Gasteiger partial charge on any atom is 0.327 e. The van der Waals surface area contributed by atoms with Gasteiger partial charge in [-0.1, -0.05) is 13.0 Å². The van der Waals surface area contributed by atoms with Crippen LogP contribution in [-0.4, -0.2) is 51.3 Å². The maximum absolute atomic E-state index is 12.6. The SMILES string of the molecule is CCC1SCC(C(=O)O)N1C(=O)N(C)c1cccc(O)c1. The number of hydrogen-bond acceptors (Lipinski definition) is 4. The van der Waals surface area contributed by atoms with Gasteiger partial charge in [0.1, 0.15) is 11.8 Å². The summed E-state index contributed by atoms with van der Waals surface area (Å²) in [5.74, 6) is -0.533. The molecule has 114 valence electrons. The minimum absolute atomic E-state index is 0.0600. The zero-order chi connectivity index (χ0) is 15.6. The van der Waals surface area contributed by atoms with Crippen LogP contribution in [0, 0.1) is 0 Å². The first-order valence-corrected chi connectivity index (χ1v) is 7.70. The van der Waals surface area contributed by atoms with E-state index in [2.05, 4.69) is 0 Å². The summed E-state index contributed by atoms with van der Waals surface area (Å²) >= 11 is 1.48. The van der Waals surface area contributed by atoms with Crippen molar-refractivity contribution >= 4 is 29.4 Å². The Morgan fingerprint density at radius 3 is 2.76 bits per heavy atom. The summed E-state index contributed by atoms with van der Waals surface area (Å²) in [6.45, 7) is 1.93. The number of phenols is 1. The summed E-state index contributed by atoms with van der Waals surface area (Å²) in [7, 11) is 1.58. The molecule has 2 rings (SSSR count). The van der Waals surface area contributed by atoms with Crippen molar-refractivity contribution in [2.75, 3.05) is 17.7 Å². The number of aromatic hydroxyl groups is 1. The van der Waals surface area contributed by atoms with E-state index >= 15 is 0 Å². The lowest BCUT2D eigenvalue weighted by molar-refractivity contribution is -0.141. The second-order valence-electron chi connectivity index (χ2n) is 4.82. The molecule has 0 aromatic heterocycles. The molecule has 2 unspecified atom stereocenters. The lowest BCUT2D eigenvalue weighted by Crippen LogP contribution is -2.50. The molecule has 1 saturated heterocycles. The van der Waals surface area contributed by atoms with Crippen molar-refractivity contribution in [1.82, 2.24) is 4.90 Å². The van der Waals surface area contributed by atoms with Crippen LogP contribution >= 0.6 is 11.8 Å². The minimum atomic E-state index is -0.990. The van der Waals surface area contributed by atoms with Gasteiger partial charge in [0, 0.05) is 24.6 Å². The molecule has 0 spiro atoms. The largest absolute Gasteiger partial charge is 0.508 e. The molecule has 1 aliphatic heterocycles. The predicted octanol–water partition coefficient (Wildman–Crippen LogP) is 2.19. The lowest BCUT2D eigenvalue weighted by atomic mass is 10.2. The molecule has 1 heterocycles. The Labute approximate surface area is 127 Å². The van der Waals surface area contributed by atoms with Crippen LogP contribution in [0.25, 0.3) is 0 Å². The molecule has 1 aromatic carbocycles. The fraction of sp³-hybridized carbons (Fsp3) is 0.429. The molecule has 21 heavy (non-hydrogen) atoms. The highest BCUT2D eigenvalue weighted by molar-refractivity contribution is 8.00. The molecule has 0 bridgehead atoms. The summed E-state index contributed by atoms with van der Waals surface area (Å²) in [6.07, 6.45) is 0.689. The molecule has 7 heteroatoms. The number of carbonyl (C=O) groups excluding carboxylic acids is 1. The predicted molar refractivity (Wildman–Crippen MR) is 81.7 cm³/mol. The van der Waals surface area contributed by atoms with Crippen LogP contribution in [0.5, 0.6) is 5.75 Å². The molecular formula is C14H18N2O4S. The Balaban J connectivity index is 2.25. The number of phenolic OH excluding ortho intramolecular Hbond substituents is 1. The zero-order valence-electron chi connectivity index (χ0n) is 11.9. The highest BCUT2D eigenvalue weighted by Crippen LogP contribution is 2.33. The first kappa shape index (κ1) is 15.5. The van der Waals surface area contributed by atoms with E-state index in [1.165, 1.54) is 33.7 Å². The van der Waals surface area contributed by atoms with Crippen molar-refractivity contribution in [3.8, 4) is 5.75 Å². The van der Waals surface area contributed by atoms with Gasteiger partial charge in [0.2, 0.25) is 0 Å². The van der Waals surface area contributed by atoms with E-state index in [1.807, 2.05) is 6.92 Å². The normalized spacial score (nSPS) is 21.3. The third-order valence-corrected chi connectivity index (χ3v) is 4.91. The van der Waals surface area contributed by atoms with Gasteiger partial charge < -0.3 is 10.2 Å². The standard InChI is InChI=1S/C14H18N2O4S/c1-3-12-16(11(8-21-12)13(18)19)14(20)15(2)9-5-4-6-10(17)7-9/h4-7,11-12,17H,3,8H2,1-2H3,(H,18,19). The van der Waals surface area contributed by atoms with E-state index < -0.39 is 12.0 Å². The van der Waals surface area contributed by atoms with Gasteiger partial charge in [0.25, 0.3) is 0 Å². The fourth-order valence-corrected chi connectivity index (χ4v) is 3.65. The van der Waals surface area contributed by atoms with E-state index in [0.29, 0.717) is 17.9 Å². The summed E-state index contributed by atoms with van der Waals surface area (Å²) in [4.78, 5) is 26.7. The van der Waals surface area contributed by atoms with Gasteiger partial charge >= 0.3 is 12.0 Å². The van der Waals surface area contributed by atoms with Crippen molar-refractivity contribution in [3.63, 3.8) is 0 Å². The topological polar surface area (TPSA) is 81.1 Å². The Hall–Kier alpha value is -1.89. The molecule has 6 nitrogen and oxygen atoms in total. The van der Waals surface area contributed by atoms with E-state index in [9.17, 15) is 19.8 Å². The Bertz CT molecular complexity index is 552. The summed E-state index contributed by atoms with van der Waals surface area (Å²) in [6, 6.07) is 5.13. The minimum Gasteiger partial charge on any atom is -0.508 e. The van der Waals surface area contributed by atoms with E-state index in [1.54, 1.807) is 19.2 Å². The number of benzene rings is 1. The van der Waals surface area contributed by atoms with Crippen LogP contribution in [-0.2, 0) is 4.79 Å². The van der Waals surface area contributed by atoms with Crippen LogP contribution in [0.2, 0.25) is 0 Å². The maximum atomic E-state index is 12.6. The summed E-state index contributed by atoms with van der Waals surface area (Å²) in [5, 5.41) is 18.6. The van der Waals surface area contributed by atoms with Crippen molar-refractivity contribution in [3.05, 3.63) is 24.3 Å². The van der Waals surface area contributed by atoms with Gasteiger partial charge in [0.05, 0.1) is 5.37 Å². The Morgan fingerprint density at radius 1 is 1.48 bits per heavy atom. The second kappa shape index (κ2) is 6.26. The van der Waals surface area contributed by atoms with Crippen molar-refractivity contribution in [1.29, 1.82) is 0 Å². The molecule has 0 radical (unpaired) electrons. The van der Waals surface area contributed by atoms with Crippen molar-refractivity contribution < 1.29 is 19.8 Å². The third kappa shape index (κ3) is 3.07. The van der Waals surface area contributed by atoms with Crippen LogP contribution in [0.4, 0.5) is 10.5 Å². The van der Waals surface area contributed by atoms with Crippen LogP contribution in [0.3, 0.4) is 0 Å². The third-order valence-electron chi connectivity index (χ3n) is 3.45. The molecule has 2 amide bonds. The average molecular weight is 310 g/mol. The first-order valence-electron chi connectivity index (χ1n) is 6.65. The van der Waals surface area contributed by atoms with Crippen LogP contribution < -0.4 is 4.90 Å². The number of anilines is 1. The number of carboxylic acid groups (broad SMARTS) is 1. The summed E-state index contributed by atoms with van der Waals surface area (Å²) < 4.78 is 0. The number of amides is 2. The monoisotopic (exact) mass is 310 g/mol.